The summed E-state index contributed by atoms with van der Waals surface area (Å²) >= 11 is 0. The van der Waals surface area contributed by atoms with Crippen molar-refractivity contribution < 1.29 is 9.53 Å². The summed E-state index contributed by atoms with van der Waals surface area (Å²) in [6, 6.07) is 13.4. The Kier molecular flexibility index (Phi) is 5.43. The number of carbonyl (C=O) groups is 1. The molecule has 1 aliphatic rings. The van der Waals surface area contributed by atoms with Crippen LogP contribution in [0.5, 0.6) is 5.75 Å². The fourth-order valence-corrected chi connectivity index (χ4v) is 2.98. The van der Waals surface area contributed by atoms with Gasteiger partial charge >= 0.3 is 0 Å². The topological polar surface area (TPSA) is 45.7 Å². The molecule has 0 radical (unpaired) electrons. The molecule has 1 saturated heterocycles. The molecule has 1 aromatic carbocycles. The van der Waals surface area contributed by atoms with Crippen molar-refractivity contribution in [3.8, 4) is 5.75 Å². The molecule has 1 fully saturated rings. The molecular weight excluding hydrogens is 302 g/mol. The van der Waals surface area contributed by atoms with Crippen molar-refractivity contribution >= 4 is 5.91 Å². The van der Waals surface area contributed by atoms with Crippen molar-refractivity contribution in [2.45, 2.75) is 6.42 Å². The van der Waals surface area contributed by atoms with E-state index in [1.54, 1.807) is 7.11 Å². The molecule has 1 amide bonds. The summed E-state index contributed by atoms with van der Waals surface area (Å²) in [7, 11) is 1.60. The van der Waals surface area contributed by atoms with Crippen molar-refractivity contribution in [3.63, 3.8) is 0 Å². The third-order valence-electron chi connectivity index (χ3n) is 4.41. The maximum atomic E-state index is 12.7. The molecule has 0 unspecified atom stereocenters. The van der Waals surface area contributed by atoms with Gasteiger partial charge in [-0.05, 0) is 24.3 Å². The number of piperazine rings is 1. The van der Waals surface area contributed by atoms with Crippen molar-refractivity contribution in [3.05, 3.63) is 59.9 Å². The van der Waals surface area contributed by atoms with Gasteiger partial charge in [0.05, 0.1) is 12.7 Å². The second kappa shape index (κ2) is 7.93. The number of hydrogen-bond acceptors (Lipinski definition) is 4. The lowest BCUT2D eigenvalue weighted by atomic mass is 10.1. The van der Waals surface area contributed by atoms with E-state index in [0.717, 1.165) is 44.8 Å². The van der Waals surface area contributed by atoms with Gasteiger partial charge in [0.1, 0.15) is 5.75 Å². The van der Waals surface area contributed by atoms with Gasteiger partial charge in [0.25, 0.3) is 5.91 Å². The number of pyridine rings is 1. The Morgan fingerprint density at radius 3 is 2.54 bits per heavy atom. The van der Waals surface area contributed by atoms with E-state index in [-0.39, 0.29) is 5.91 Å². The zero-order valence-electron chi connectivity index (χ0n) is 14.0. The number of rotatable bonds is 5. The van der Waals surface area contributed by atoms with Crippen LogP contribution in [-0.4, -0.2) is 60.5 Å². The van der Waals surface area contributed by atoms with Crippen LogP contribution in [-0.2, 0) is 6.42 Å². The highest BCUT2D eigenvalue weighted by molar-refractivity contribution is 5.97. The largest absolute Gasteiger partial charge is 0.496 e. The molecular formula is C19H23N3O2. The molecule has 5 nitrogen and oxygen atoms in total. The predicted octanol–water partition coefficient (Wildman–Crippen LogP) is 2.09. The zero-order valence-corrected chi connectivity index (χ0v) is 14.0. The SMILES string of the molecule is COc1ccccc1C(=O)N1CCN(CCc2ccccn2)CC1. The highest BCUT2D eigenvalue weighted by Crippen LogP contribution is 2.20. The summed E-state index contributed by atoms with van der Waals surface area (Å²) in [5.41, 5.74) is 1.76. The lowest BCUT2D eigenvalue weighted by Gasteiger charge is -2.34. The quantitative estimate of drug-likeness (QED) is 0.844. The van der Waals surface area contributed by atoms with E-state index in [1.165, 1.54) is 0 Å². The van der Waals surface area contributed by atoms with Gasteiger partial charge in [-0.15, -0.1) is 0 Å². The van der Waals surface area contributed by atoms with Crippen LogP contribution in [0.1, 0.15) is 16.1 Å². The third kappa shape index (κ3) is 3.92. The van der Waals surface area contributed by atoms with E-state index in [2.05, 4.69) is 16.0 Å². The molecule has 1 aliphatic heterocycles. The van der Waals surface area contributed by atoms with Crippen LogP contribution < -0.4 is 4.74 Å². The molecule has 0 N–H and O–H groups in total. The normalized spacial score (nSPS) is 15.3. The Morgan fingerprint density at radius 1 is 1.08 bits per heavy atom. The monoisotopic (exact) mass is 325 g/mol. The van der Waals surface area contributed by atoms with Crippen LogP contribution in [0.25, 0.3) is 0 Å². The number of methoxy groups -OCH3 is 1. The molecule has 24 heavy (non-hydrogen) atoms. The lowest BCUT2D eigenvalue weighted by Crippen LogP contribution is -2.49. The average molecular weight is 325 g/mol. The molecule has 0 bridgehead atoms. The summed E-state index contributed by atoms with van der Waals surface area (Å²) in [4.78, 5) is 21.3. The Morgan fingerprint density at radius 2 is 1.83 bits per heavy atom. The van der Waals surface area contributed by atoms with Crippen molar-refractivity contribution in [1.82, 2.24) is 14.8 Å². The van der Waals surface area contributed by atoms with Gasteiger partial charge in [0.2, 0.25) is 0 Å². The Bertz CT molecular complexity index is 667. The van der Waals surface area contributed by atoms with Gasteiger partial charge in [-0.3, -0.25) is 14.7 Å². The number of carbonyl (C=O) groups excluding carboxylic acids is 1. The van der Waals surface area contributed by atoms with E-state index in [9.17, 15) is 4.79 Å². The standard InChI is InChI=1S/C19H23N3O2/c1-24-18-8-3-2-7-17(18)19(23)22-14-12-21(13-15-22)11-9-16-6-4-5-10-20-16/h2-8,10H,9,11-15H2,1H3. The molecule has 0 spiro atoms. The summed E-state index contributed by atoms with van der Waals surface area (Å²) in [6.45, 7) is 4.27. The first-order chi connectivity index (χ1) is 11.8. The molecule has 0 aliphatic carbocycles. The number of ether oxygens (including phenoxy) is 1. The molecule has 0 atom stereocenters. The van der Waals surface area contributed by atoms with Gasteiger partial charge in [-0.2, -0.15) is 0 Å². The first-order valence-electron chi connectivity index (χ1n) is 8.32. The van der Waals surface area contributed by atoms with Crippen LogP contribution in [0.2, 0.25) is 0 Å². The fraction of sp³-hybridized carbons (Fsp3) is 0.368. The number of hydrogen-bond donors (Lipinski definition) is 0. The number of amides is 1. The second-order valence-corrected chi connectivity index (χ2v) is 5.91. The highest BCUT2D eigenvalue weighted by atomic mass is 16.5. The third-order valence-corrected chi connectivity index (χ3v) is 4.41. The lowest BCUT2D eigenvalue weighted by molar-refractivity contribution is 0.0635. The Labute approximate surface area is 142 Å². The van der Waals surface area contributed by atoms with Crippen molar-refractivity contribution in [2.75, 3.05) is 39.8 Å². The Balaban J connectivity index is 1.52. The maximum Gasteiger partial charge on any atom is 0.257 e. The molecule has 1 aromatic heterocycles. The molecule has 2 aromatic rings. The fourth-order valence-electron chi connectivity index (χ4n) is 2.98. The van der Waals surface area contributed by atoms with Crippen molar-refractivity contribution in [1.29, 1.82) is 0 Å². The second-order valence-electron chi connectivity index (χ2n) is 5.91. The first-order valence-corrected chi connectivity index (χ1v) is 8.32. The van der Waals surface area contributed by atoms with Crippen molar-refractivity contribution in [2.24, 2.45) is 0 Å². The van der Waals surface area contributed by atoms with Gasteiger partial charge in [-0.25, -0.2) is 0 Å². The summed E-state index contributed by atoms with van der Waals surface area (Å²) in [6.07, 6.45) is 2.78. The van der Waals surface area contributed by atoms with Crippen LogP contribution in [0.3, 0.4) is 0 Å². The minimum absolute atomic E-state index is 0.0526. The summed E-state index contributed by atoms with van der Waals surface area (Å²) in [5.74, 6) is 0.692. The number of nitrogens with zero attached hydrogens (tertiary/aromatic N) is 3. The number of benzene rings is 1. The van der Waals surface area contributed by atoms with Gasteiger partial charge in [0, 0.05) is 51.0 Å². The van der Waals surface area contributed by atoms with E-state index < -0.39 is 0 Å². The molecule has 2 heterocycles. The van der Waals surface area contributed by atoms with Gasteiger partial charge in [-0.1, -0.05) is 18.2 Å². The first kappa shape index (κ1) is 16.5. The van der Waals surface area contributed by atoms with E-state index >= 15 is 0 Å². The van der Waals surface area contributed by atoms with E-state index in [1.807, 2.05) is 47.5 Å². The number of aromatic nitrogens is 1. The van der Waals surface area contributed by atoms with Crippen LogP contribution in [0.15, 0.2) is 48.7 Å². The average Bonchev–Trinajstić information content (AvgIpc) is 2.67. The van der Waals surface area contributed by atoms with Gasteiger partial charge < -0.3 is 9.64 Å². The van der Waals surface area contributed by atoms with E-state index in [4.69, 9.17) is 4.74 Å². The van der Waals surface area contributed by atoms with Gasteiger partial charge in [0.15, 0.2) is 0 Å². The minimum Gasteiger partial charge on any atom is -0.496 e. The maximum absolute atomic E-state index is 12.7. The highest BCUT2D eigenvalue weighted by Gasteiger charge is 2.23. The summed E-state index contributed by atoms with van der Waals surface area (Å²) < 4.78 is 5.30. The zero-order chi connectivity index (χ0) is 16.8. The van der Waals surface area contributed by atoms with Crippen LogP contribution in [0, 0.1) is 0 Å². The summed E-state index contributed by atoms with van der Waals surface area (Å²) in [5, 5.41) is 0. The van der Waals surface area contributed by atoms with E-state index in [0.29, 0.717) is 11.3 Å². The predicted molar refractivity (Wildman–Crippen MR) is 93.3 cm³/mol. The Hall–Kier alpha value is -2.40. The number of para-hydroxylation sites is 1. The molecule has 5 heteroatoms. The molecule has 0 saturated carbocycles. The molecule has 3 rings (SSSR count). The smallest absolute Gasteiger partial charge is 0.257 e. The van der Waals surface area contributed by atoms with Crippen LogP contribution >= 0.6 is 0 Å². The van der Waals surface area contributed by atoms with Crippen LogP contribution in [0.4, 0.5) is 0 Å². The molecule has 126 valence electrons. The minimum atomic E-state index is 0.0526.